The summed E-state index contributed by atoms with van der Waals surface area (Å²) >= 11 is 0. The van der Waals surface area contributed by atoms with Crippen LogP contribution < -0.4 is 10.6 Å². The molecule has 1 aromatic carbocycles. The van der Waals surface area contributed by atoms with Crippen molar-refractivity contribution in [1.29, 1.82) is 0 Å². The van der Waals surface area contributed by atoms with Crippen LogP contribution in [0.3, 0.4) is 0 Å². The first-order valence-corrected chi connectivity index (χ1v) is 9.28. The molecule has 1 unspecified atom stereocenters. The van der Waals surface area contributed by atoms with Gasteiger partial charge in [-0.25, -0.2) is 0 Å². The maximum atomic E-state index is 12.2. The van der Waals surface area contributed by atoms with Gasteiger partial charge in [0.15, 0.2) is 5.78 Å². The zero-order valence-corrected chi connectivity index (χ0v) is 14.8. The number of hydrogen-bond donors (Lipinski definition) is 2. The lowest BCUT2D eigenvalue weighted by Gasteiger charge is -2.22. The Labute approximate surface area is 145 Å². The molecule has 0 aromatic heterocycles. The van der Waals surface area contributed by atoms with Crippen LogP contribution in [0.2, 0.25) is 0 Å². The normalized spacial score (nSPS) is 17.5. The van der Waals surface area contributed by atoms with E-state index in [1.807, 2.05) is 24.3 Å². The van der Waals surface area contributed by atoms with Crippen LogP contribution in [0.4, 0.5) is 0 Å². The summed E-state index contributed by atoms with van der Waals surface area (Å²) in [6.07, 6.45) is 6.30. The van der Waals surface area contributed by atoms with Gasteiger partial charge in [0.1, 0.15) is 0 Å². The van der Waals surface area contributed by atoms with Gasteiger partial charge in [0, 0.05) is 24.9 Å². The second-order valence-corrected chi connectivity index (χ2v) is 6.74. The van der Waals surface area contributed by atoms with Crippen LogP contribution in [-0.4, -0.2) is 31.3 Å². The van der Waals surface area contributed by atoms with E-state index in [2.05, 4.69) is 17.6 Å². The van der Waals surface area contributed by atoms with Crippen molar-refractivity contribution in [2.24, 2.45) is 5.92 Å². The number of carbonyl (C=O) groups is 2. The highest BCUT2D eigenvalue weighted by Crippen LogP contribution is 2.11. The molecule has 4 nitrogen and oxygen atoms in total. The summed E-state index contributed by atoms with van der Waals surface area (Å²) in [4.78, 5) is 24.1. The Morgan fingerprint density at radius 3 is 2.67 bits per heavy atom. The standard InChI is InChI=1S/C20H30N2O2/c1-2-3-5-16-7-9-18(10-8-16)19(23)11-12-20(24)22-15-17-6-4-13-21-14-17/h7-10,17,21H,2-6,11-15H2,1H3,(H,22,24). The summed E-state index contributed by atoms with van der Waals surface area (Å²) in [5.41, 5.74) is 1.98. The van der Waals surface area contributed by atoms with Gasteiger partial charge in [-0.1, -0.05) is 37.6 Å². The zero-order valence-electron chi connectivity index (χ0n) is 14.8. The molecule has 1 heterocycles. The number of ketones is 1. The van der Waals surface area contributed by atoms with Gasteiger partial charge in [-0.3, -0.25) is 9.59 Å². The zero-order chi connectivity index (χ0) is 17.2. The van der Waals surface area contributed by atoms with Crippen LogP contribution in [0.1, 0.15) is 61.4 Å². The second kappa shape index (κ2) is 10.2. The Kier molecular flexibility index (Phi) is 7.96. The van der Waals surface area contributed by atoms with Crippen LogP contribution in [0, 0.1) is 5.92 Å². The highest BCUT2D eigenvalue weighted by Gasteiger charge is 2.14. The third kappa shape index (κ3) is 6.44. The molecule has 0 bridgehead atoms. The molecule has 132 valence electrons. The molecule has 1 aromatic rings. The fourth-order valence-corrected chi connectivity index (χ4v) is 3.05. The average Bonchev–Trinajstić information content (AvgIpc) is 2.64. The van der Waals surface area contributed by atoms with Crippen molar-refractivity contribution in [3.8, 4) is 0 Å². The third-order valence-electron chi connectivity index (χ3n) is 4.66. The van der Waals surface area contributed by atoms with Gasteiger partial charge >= 0.3 is 0 Å². The van der Waals surface area contributed by atoms with E-state index in [0.29, 0.717) is 18.0 Å². The predicted octanol–water partition coefficient (Wildman–Crippen LogP) is 3.11. The van der Waals surface area contributed by atoms with Gasteiger partial charge in [-0.15, -0.1) is 0 Å². The summed E-state index contributed by atoms with van der Waals surface area (Å²) < 4.78 is 0. The molecular weight excluding hydrogens is 300 g/mol. The number of piperidine rings is 1. The average molecular weight is 330 g/mol. The van der Waals surface area contributed by atoms with Crippen molar-refractivity contribution in [2.75, 3.05) is 19.6 Å². The molecule has 0 spiro atoms. The van der Waals surface area contributed by atoms with E-state index in [4.69, 9.17) is 0 Å². The first kappa shape index (κ1) is 18.7. The van der Waals surface area contributed by atoms with Crippen molar-refractivity contribution in [1.82, 2.24) is 10.6 Å². The van der Waals surface area contributed by atoms with Gasteiger partial charge in [-0.2, -0.15) is 0 Å². The molecule has 0 aliphatic carbocycles. The fraction of sp³-hybridized carbons (Fsp3) is 0.600. The number of hydrogen-bond acceptors (Lipinski definition) is 3. The first-order valence-electron chi connectivity index (χ1n) is 9.28. The Bertz CT molecular complexity index is 519. The molecule has 1 saturated heterocycles. The number of benzene rings is 1. The minimum Gasteiger partial charge on any atom is -0.356 e. The van der Waals surface area contributed by atoms with Crippen LogP contribution >= 0.6 is 0 Å². The van der Waals surface area contributed by atoms with E-state index in [1.54, 1.807) is 0 Å². The van der Waals surface area contributed by atoms with Crippen LogP contribution in [0.15, 0.2) is 24.3 Å². The molecule has 2 N–H and O–H groups in total. The van der Waals surface area contributed by atoms with E-state index in [-0.39, 0.29) is 24.5 Å². The Morgan fingerprint density at radius 2 is 2.00 bits per heavy atom. The molecule has 2 rings (SSSR count). The molecule has 1 fully saturated rings. The quantitative estimate of drug-likeness (QED) is 0.684. The predicted molar refractivity (Wildman–Crippen MR) is 97.2 cm³/mol. The van der Waals surface area contributed by atoms with Crippen molar-refractivity contribution in [2.45, 2.75) is 51.9 Å². The molecule has 0 radical (unpaired) electrons. The SMILES string of the molecule is CCCCc1ccc(C(=O)CCC(=O)NCC2CCCNC2)cc1. The highest BCUT2D eigenvalue weighted by molar-refractivity contribution is 5.97. The van der Waals surface area contributed by atoms with Gasteiger partial charge in [0.2, 0.25) is 5.91 Å². The first-order chi connectivity index (χ1) is 11.7. The number of aryl methyl sites for hydroxylation is 1. The number of rotatable bonds is 9. The smallest absolute Gasteiger partial charge is 0.220 e. The van der Waals surface area contributed by atoms with Crippen molar-refractivity contribution < 1.29 is 9.59 Å². The molecule has 0 saturated carbocycles. The van der Waals surface area contributed by atoms with Crippen molar-refractivity contribution in [3.05, 3.63) is 35.4 Å². The van der Waals surface area contributed by atoms with Gasteiger partial charge in [-0.05, 0) is 50.3 Å². The lowest BCUT2D eigenvalue weighted by Crippen LogP contribution is -2.38. The Hall–Kier alpha value is -1.68. The summed E-state index contributed by atoms with van der Waals surface area (Å²) in [6, 6.07) is 7.83. The monoisotopic (exact) mass is 330 g/mol. The van der Waals surface area contributed by atoms with E-state index in [1.165, 1.54) is 24.8 Å². The molecule has 1 amide bonds. The maximum absolute atomic E-state index is 12.2. The number of nitrogens with one attached hydrogen (secondary N) is 2. The van der Waals surface area contributed by atoms with Gasteiger partial charge in [0.25, 0.3) is 0 Å². The summed E-state index contributed by atoms with van der Waals surface area (Å²) in [6.45, 7) is 4.94. The van der Waals surface area contributed by atoms with E-state index < -0.39 is 0 Å². The molecule has 24 heavy (non-hydrogen) atoms. The second-order valence-electron chi connectivity index (χ2n) is 6.74. The summed E-state index contributed by atoms with van der Waals surface area (Å²) in [5, 5.41) is 6.30. The minimum atomic E-state index is -0.0199. The van der Waals surface area contributed by atoms with Crippen LogP contribution in [-0.2, 0) is 11.2 Å². The van der Waals surface area contributed by atoms with Gasteiger partial charge in [0.05, 0.1) is 0 Å². The van der Waals surface area contributed by atoms with E-state index in [0.717, 1.165) is 25.9 Å². The lowest BCUT2D eigenvalue weighted by molar-refractivity contribution is -0.121. The molecule has 4 heteroatoms. The third-order valence-corrected chi connectivity index (χ3v) is 4.66. The van der Waals surface area contributed by atoms with E-state index >= 15 is 0 Å². The molecular formula is C20H30N2O2. The maximum Gasteiger partial charge on any atom is 0.220 e. The summed E-state index contributed by atoms with van der Waals surface area (Å²) in [7, 11) is 0. The van der Waals surface area contributed by atoms with E-state index in [9.17, 15) is 9.59 Å². The van der Waals surface area contributed by atoms with Crippen molar-refractivity contribution in [3.63, 3.8) is 0 Å². The van der Waals surface area contributed by atoms with Crippen molar-refractivity contribution >= 4 is 11.7 Å². The Morgan fingerprint density at radius 1 is 1.21 bits per heavy atom. The number of amides is 1. The largest absolute Gasteiger partial charge is 0.356 e. The highest BCUT2D eigenvalue weighted by atomic mass is 16.2. The molecule has 1 aliphatic heterocycles. The summed E-state index contributed by atoms with van der Waals surface area (Å²) in [5.74, 6) is 0.550. The number of Topliss-reactive ketones (excluding diaryl/α,β-unsaturated/α-hetero) is 1. The lowest BCUT2D eigenvalue weighted by atomic mass is 9.99. The van der Waals surface area contributed by atoms with Crippen LogP contribution in [0.5, 0.6) is 0 Å². The topological polar surface area (TPSA) is 58.2 Å². The van der Waals surface area contributed by atoms with Gasteiger partial charge < -0.3 is 10.6 Å². The number of carbonyl (C=O) groups excluding carboxylic acids is 2. The molecule has 1 aliphatic rings. The fourth-order valence-electron chi connectivity index (χ4n) is 3.05. The minimum absolute atomic E-state index is 0.0199. The Balaban J connectivity index is 1.68. The number of unbranched alkanes of at least 4 members (excludes halogenated alkanes) is 1. The van der Waals surface area contributed by atoms with Crippen LogP contribution in [0.25, 0.3) is 0 Å². The molecule has 1 atom stereocenters.